The highest BCUT2D eigenvalue weighted by molar-refractivity contribution is 8.76. The smallest absolute Gasteiger partial charge is 0.169 e. The molecule has 0 N–H and O–H groups in total. The van der Waals surface area contributed by atoms with Crippen molar-refractivity contribution in [2.75, 3.05) is 6.26 Å². The molecule has 0 saturated carbocycles. The molecule has 0 aliphatic heterocycles. The summed E-state index contributed by atoms with van der Waals surface area (Å²) in [5, 5.41) is -1.43. The summed E-state index contributed by atoms with van der Waals surface area (Å²) in [4.78, 5) is 0. The number of halogens is 3. The van der Waals surface area contributed by atoms with Crippen molar-refractivity contribution < 1.29 is 13.2 Å². The first-order valence-corrected chi connectivity index (χ1v) is 5.43. The van der Waals surface area contributed by atoms with Gasteiger partial charge in [0.25, 0.3) is 0 Å². The Morgan fingerprint density at radius 2 is 1.91 bits per heavy atom. The Morgan fingerprint density at radius 3 is 2.00 bits per heavy atom. The zero-order valence-electron chi connectivity index (χ0n) is 6.23. The van der Waals surface area contributed by atoms with Crippen molar-refractivity contribution in [3.05, 3.63) is 12.2 Å². The van der Waals surface area contributed by atoms with Crippen LogP contribution in [0.4, 0.5) is 13.2 Å². The lowest BCUT2D eigenvalue weighted by molar-refractivity contribution is -0.121. The van der Waals surface area contributed by atoms with Crippen LogP contribution in [-0.2, 0) is 0 Å². The molecule has 0 nitrogen and oxygen atoms in total. The molecule has 5 heteroatoms. The fraction of sp³-hybridized carbons (Fsp3) is 0.667. The third-order valence-electron chi connectivity index (χ3n) is 0.937. The van der Waals surface area contributed by atoms with Gasteiger partial charge < -0.3 is 0 Å². The van der Waals surface area contributed by atoms with Gasteiger partial charge in [0.15, 0.2) is 0 Å². The maximum atomic E-state index is 12.1. The highest BCUT2D eigenvalue weighted by Gasteiger charge is 2.40. The Bertz CT molecular complexity index is 141. The lowest BCUT2D eigenvalue weighted by Crippen LogP contribution is -2.25. The summed E-state index contributed by atoms with van der Waals surface area (Å²) in [5.74, 6) is 0. The van der Waals surface area contributed by atoms with Crippen LogP contribution in [0.5, 0.6) is 0 Å². The number of rotatable bonds is 3. The van der Waals surface area contributed by atoms with E-state index in [-0.39, 0.29) is 5.57 Å². The SMILES string of the molecule is C=C(C)C(SSC)C(F)(F)F. The molecule has 0 aromatic heterocycles. The third kappa shape index (κ3) is 3.96. The van der Waals surface area contributed by atoms with Crippen LogP contribution in [-0.4, -0.2) is 17.7 Å². The molecule has 0 spiro atoms. The standard InChI is InChI=1S/C6H9F3S2/c1-4(2)5(11-10-3)6(7,8)9/h5H,1H2,2-3H3. The van der Waals surface area contributed by atoms with Crippen molar-refractivity contribution in [1.29, 1.82) is 0 Å². The number of hydrogen-bond donors (Lipinski definition) is 0. The molecule has 1 atom stereocenters. The van der Waals surface area contributed by atoms with Crippen LogP contribution in [0.3, 0.4) is 0 Å². The first kappa shape index (κ1) is 11.2. The average Bonchev–Trinajstić information content (AvgIpc) is 1.79. The van der Waals surface area contributed by atoms with Crippen molar-refractivity contribution in [1.82, 2.24) is 0 Å². The van der Waals surface area contributed by atoms with Crippen LogP contribution in [0.2, 0.25) is 0 Å². The molecule has 0 aliphatic rings. The van der Waals surface area contributed by atoms with Crippen molar-refractivity contribution in [3.8, 4) is 0 Å². The van der Waals surface area contributed by atoms with Crippen LogP contribution >= 0.6 is 21.6 Å². The number of alkyl halides is 3. The molecule has 0 radical (unpaired) electrons. The second-order valence-electron chi connectivity index (χ2n) is 2.03. The van der Waals surface area contributed by atoms with Crippen molar-refractivity contribution in [2.24, 2.45) is 0 Å². The number of hydrogen-bond acceptors (Lipinski definition) is 2. The fourth-order valence-corrected chi connectivity index (χ4v) is 2.38. The average molecular weight is 202 g/mol. The minimum atomic E-state index is -4.17. The predicted octanol–water partition coefficient (Wildman–Crippen LogP) is 3.50. The van der Waals surface area contributed by atoms with Gasteiger partial charge in [0.05, 0.1) is 0 Å². The van der Waals surface area contributed by atoms with Crippen molar-refractivity contribution in [3.63, 3.8) is 0 Å². The highest BCUT2D eigenvalue weighted by Crippen LogP contribution is 2.39. The maximum absolute atomic E-state index is 12.1. The van der Waals surface area contributed by atoms with Crippen molar-refractivity contribution >= 4 is 21.6 Å². The largest absolute Gasteiger partial charge is 0.405 e. The minimum absolute atomic E-state index is 0.150. The molecule has 1 unspecified atom stereocenters. The van der Waals surface area contributed by atoms with Gasteiger partial charge in [0.1, 0.15) is 5.25 Å². The summed E-state index contributed by atoms with van der Waals surface area (Å²) in [6, 6.07) is 0. The quantitative estimate of drug-likeness (QED) is 0.507. The Balaban J connectivity index is 4.22. The van der Waals surface area contributed by atoms with Gasteiger partial charge in [0.2, 0.25) is 0 Å². The summed E-state index contributed by atoms with van der Waals surface area (Å²) in [6.45, 7) is 4.68. The Kier molecular flexibility index (Phi) is 4.39. The highest BCUT2D eigenvalue weighted by atomic mass is 33.1. The molecule has 0 fully saturated rings. The van der Waals surface area contributed by atoms with Gasteiger partial charge in [-0.1, -0.05) is 33.7 Å². The van der Waals surface area contributed by atoms with E-state index in [1.165, 1.54) is 6.92 Å². The van der Waals surface area contributed by atoms with Gasteiger partial charge >= 0.3 is 6.18 Å². The van der Waals surface area contributed by atoms with Crippen LogP contribution < -0.4 is 0 Å². The van der Waals surface area contributed by atoms with E-state index in [0.717, 1.165) is 21.6 Å². The normalized spacial score (nSPS) is 14.6. The Morgan fingerprint density at radius 1 is 1.45 bits per heavy atom. The van der Waals surface area contributed by atoms with E-state index < -0.39 is 11.4 Å². The Labute approximate surface area is 72.0 Å². The second-order valence-corrected chi connectivity index (χ2v) is 4.61. The molecule has 0 rings (SSSR count). The first-order chi connectivity index (χ1) is 4.89. The summed E-state index contributed by atoms with van der Waals surface area (Å²) in [5.41, 5.74) is 0.150. The van der Waals surface area contributed by atoms with E-state index >= 15 is 0 Å². The Hall–Kier alpha value is 0.230. The van der Waals surface area contributed by atoms with E-state index in [4.69, 9.17) is 0 Å². The molecule has 0 amide bonds. The van der Waals surface area contributed by atoms with Gasteiger partial charge in [0, 0.05) is 0 Å². The molecular formula is C6H9F3S2. The molecule has 0 aromatic rings. The molecule has 66 valence electrons. The molecule has 0 saturated heterocycles. The first-order valence-electron chi connectivity index (χ1n) is 2.81. The lowest BCUT2D eigenvalue weighted by Gasteiger charge is -2.17. The fourth-order valence-electron chi connectivity index (χ4n) is 0.512. The third-order valence-corrected chi connectivity index (χ3v) is 3.15. The molecular weight excluding hydrogens is 193 g/mol. The van der Waals surface area contributed by atoms with Gasteiger partial charge in [-0.15, -0.1) is 0 Å². The molecule has 11 heavy (non-hydrogen) atoms. The molecule has 0 heterocycles. The van der Waals surface area contributed by atoms with Gasteiger partial charge in [-0.25, -0.2) is 0 Å². The van der Waals surface area contributed by atoms with Crippen LogP contribution in [0.15, 0.2) is 12.2 Å². The zero-order valence-corrected chi connectivity index (χ0v) is 7.87. The summed E-state index contributed by atoms with van der Waals surface area (Å²) in [7, 11) is 1.88. The van der Waals surface area contributed by atoms with Crippen LogP contribution in [0.1, 0.15) is 6.92 Å². The van der Waals surface area contributed by atoms with E-state index in [9.17, 15) is 13.2 Å². The predicted molar refractivity (Wildman–Crippen MR) is 45.8 cm³/mol. The van der Waals surface area contributed by atoms with Gasteiger partial charge in [-0.05, 0) is 13.2 Å². The van der Waals surface area contributed by atoms with E-state index in [1.54, 1.807) is 6.26 Å². The van der Waals surface area contributed by atoms with Gasteiger partial charge in [-0.3, -0.25) is 0 Å². The van der Waals surface area contributed by atoms with E-state index in [2.05, 4.69) is 6.58 Å². The van der Waals surface area contributed by atoms with E-state index in [0.29, 0.717) is 0 Å². The van der Waals surface area contributed by atoms with Crippen molar-refractivity contribution in [2.45, 2.75) is 18.3 Å². The summed E-state index contributed by atoms with van der Waals surface area (Å²) >= 11 is 0. The lowest BCUT2D eigenvalue weighted by atomic mass is 10.2. The topological polar surface area (TPSA) is 0 Å². The van der Waals surface area contributed by atoms with Gasteiger partial charge in [-0.2, -0.15) is 13.2 Å². The molecule has 0 bridgehead atoms. The molecule has 0 aliphatic carbocycles. The summed E-state index contributed by atoms with van der Waals surface area (Å²) < 4.78 is 36.2. The maximum Gasteiger partial charge on any atom is 0.405 e. The van der Waals surface area contributed by atoms with Crippen LogP contribution in [0.25, 0.3) is 0 Å². The molecule has 0 aromatic carbocycles. The monoisotopic (exact) mass is 202 g/mol. The van der Waals surface area contributed by atoms with E-state index in [1.807, 2.05) is 0 Å². The zero-order chi connectivity index (χ0) is 9.07. The van der Waals surface area contributed by atoms with Crippen LogP contribution in [0, 0.1) is 0 Å². The minimum Gasteiger partial charge on any atom is -0.169 e. The summed E-state index contributed by atoms with van der Waals surface area (Å²) in [6.07, 6.45) is -2.55. The second kappa shape index (κ2) is 4.30.